The molecule has 4 nitrogen and oxygen atoms in total. The molecule has 4 heteroatoms. The van der Waals surface area contributed by atoms with Crippen LogP contribution in [0.5, 0.6) is 0 Å². The lowest BCUT2D eigenvalue weighted by Crippen LogP contribution is -2.48. The minimum absolute atomic E-state index is 0.0566. The fraction of sp³-hybridized carbons (Fsp3) is 0.444. The Morgan fingerprint density at radius 1 is 1.13 bits per heavy atom. The molecule has 1 fully saturated rings. The molecule has 4 rings (SSSR count). The first-order valence-corrected chi connectivity index (χ1v) is 11.1. The van der Waals surface area contributed by atoms with Gasteiger partial charge >= 0.3 is 5.97 Å². The number of carbonyl (C=O) groups is 1. The lowest BCUT2D eigenvalue weighted by molar-refractivity contribution is -0.0214. The van der Waals surface area contributed by atoms with Gasteiger partial charge in [-0.25, -0.2) is 4.79 Å². The highest BCUT2D eigenvalue weighted by Gasteiger charge is 2.53. The van der Waals surface area contributed by atoms with Crippen molar-refractivity contribution in [2.45, 2.75) is 59.7 Å². The number of carbonyl (C=O) groups excluding carboxylic acids is 1. The molecule has 1 aromatic carbocycles. The molecule has 0 bridgehead atoms. The molecule has 0 saturated heterocycles. The molecule has 3 atom stereocenters. The van der Waals surface area contributed by atoms with Gasteiger partial charge in [-0.3, -0.25) is 0 Å². The molecular formula is C27H32O4. The maximum absolute atomic E-state index is 12.7. The maximum atomic E-state index is 12.7. The van der Waals surface area contributed by atoms with Crippen LogP contribution in [-0.4, -0.2) is 28.4 Å². The summed E-state index contributed by atoms with van der Waals surface area (Å²) >= 11 is 0. The lowest BCUT2D eigenvalue weighted by atomic mass is 9.53. The van der Waals surface area contributed by atoms with E-state index in [2.05, 4.69) is 26.8 Å². The van der Waals surface area contributed by atoms with E-state index in [0.717, 1.165) is 28.7 Å². The average Bonchev–Trinajstić information content (AvgIpc) is 2.72. The van der Waals surface area contributed by atoms with Crippen LogP contribution in [0.25, 0.3) is 0 Å². The largest absolute Gasteiger partial charge is 0.509 e. The van der Waals surface area contributed by atoms with E-state index in [9.17, 15) is 15.0 Å². The molecule has 0 aliphatic heterocycles. The molecule has 3 aliphatic rings. The third kappa shape index (κ3) is 3.38. The molecule has 2 N–H and O–H groups in total. The molecule has 3 aliphatic carbocycles. The Morgan fingerprint density at radius 2 is 1.81 bits per heavy atom. The molecule has 0 amide bonds. The highest BCUT2D eigenvalue weighted by molar-refractivity contribution is 5.89. The molecule has 164 valence electrons. The van der Waals surface area contributed by atoms with E-state index in [1.165, 1.54) is 0 Å². The van der Waals surface area contributed by atoms with Crippen molar-refractivity contribution >= 4 is 5.97 Å². The molecule has 1 aromatic rings. The van der Waals surface area contributed by atoms with Crippen molar-refractivity contribution in [2.24, 2.45) is 16.7 Å². The zero-order valence-electron chi connectivity index (χ0n) is 19.0. The van der Waals surface area contributed by atoms with E-state index in [1.54, 1.807) is 12.1 Å². The van der Waals surface area contributed by atoms with E-state index in [1.807, 2.05) is 44.2 Å². The van der Waals surface area contributed by atoms with Gasteiger partial charge in [-0.05, 0) is 42.0 Å². The van der Waals surface area contributed by atoms with Gasteiger partial charge in [0.15, 0.2) is 0 Å². The van der Waals surface area contributed by atoms with Crippen molar-refractivity contribution in [3.05, 3.63) is 82.2 Å². The predicted molar refractivity (Wildman–Crippen MR) is 122 cm³/mol. The zero-order chi connectivity index (χ0) is 22.6. The van der Waals surface area contributed by atoms with E-state index >= 15 is 0 Å². The van der Waals surface area contributed by atoms with E-state index in [-0.39, 0.29) is 23.8 Å². The smallest absolute Gasteiger partial charge is 0.338 e. The number of hydrogen-bond acceptors (Lipinski definition) is 4. The summed E-state index contributed by atoms with van der Waals surface area (Å²) in [5.41, 5.74) is 3.44. The Morgan fingerprint density at radius 3 is 2.45 bits per heavy atom. The predicted octanol–water partition coefficient (Wildman–Crippen LogP) is 5.67. The Balaban J connectivity index is 1.71. The van der Waals surface area contributed by atoms with E-state index < -0.39 is 16.9 Å². The van der Waals surface area contributed by atoms with Gasteiger partial charge in [0.2, 0.25) is 0 Å². The Hall–Kier alpha value is -2.59. The molecular weight excluding hydrogens is 388 g/mol. The van der Waals surface area contributed by atoms with Gasteiger partial charge < -0.3 is 14.9 Å². The summed E-state index contributed by atoms with van der Waals surface area (Å²) in [6.07, 6.45) is 6.34. The van der Waals surface area contributed by atoms with Crippen molar-refractivity contribution in [3.8, 4) is 0 Å². The summed E-state index contributed by atoms with van der Waals surface area (Å²) in [4.78, 5) is 12.7. The number of aliphatic hydroxyl groups excluding tert-OH is 2. The van der Waals surface area contributed by atoms with Crippen LogP contribution < -0.4 is 0 Å². The van der Waals surface area contributed by atoms with Gasteiger partial charge in [-0.2, -0.15) is 0 Å². The van der Waals surface area contributed by atoms with Gasteiger partial charge in [0.25, 0.3) is 0 Å². The Kier molecular flexibility index (Phi) is 5.25. The van der Waals surface area contributed by atoms with E-state index in [0.29, 0.717) is 12.0 Å². The first-order chi connectivity index (χ1) is 14.6. The summed E-state index contributed by atoms with van der Waals surface area (Å²) in [5, 5.41) is 21.8. The number of fused-ring (bicyclic) bond motifs is 3. The van der Waals surface area contributed by atoms with Crippen LogP contribution >= 0.6 is 0 Å². The van der Waals surface area contributed by atoms with Gasteiger partial charge in [0.1, 0.15) is 18.0 Å². The minimum atomic E-state index is -0.972. The number of rotatable bonds is 3. The molecule has 0 spiro atoms. The van der Waals surface area contributed by atoms with Crippen molar-refractivity contribution in [2.75, 3.05) is 0 Å². The third-order valence-corrected chi connectivity index (χ3v) is 7.35. The van der Waals surface area contributed by atoms with Crippen molar-refractivity contribution in [1.82, 2.24) is 0 Å². The fourth-order valence-corrected chi connectivity index (χ4v) is 5.60. The van der Waals surface area contributed by atoms with Gasteiger partial charge in [-0.15, -0.1) is 0 Å². The average molecular weight is 421 g/mol. The van der Waals surface area contributed by atoms with E-state index in [4.69, 9.17) is 4.74 Å². The highest BCUT2D eigenvalue weighted by Crippen LogP contribution is 2.59. The quantitative estimate of drug-likeness (QED) is 0.618. The van der Waals surface area contributed by atoms with Crippen molar-refractivity contribution in [1.29, 1.82) is 0 Å². The number of esters is 1. The highest BCUT2D eigenvalue weighted by atomic mass is 16.5. The van der Waals surface area contributed by atoms with Crippen LogP contribution in [0, 0.1) is 16.7 Å². The maximum Gasteiger partial charge on any atom is 0.338 e. The summed E-state index contributed by atoms with van der Waals surface area (Å²) in [7, 11) is 0. The monoisotopic (exact) mass is 420 g/mol. The molecule has 1 saturated carbocycles. The van der Waals surface area contributed by atoms with Crippen LogP contribution in [0.3, 0.4) is 0 Å². The van der Waals surface area contributed by atoms with Crippen LogP contribution in [0.15, 0.2) is 76.6 Å². The number of hydrogen-bond donors (Lipinski definition) is 2. The first kappa shape index (κ1) is 21.6. The molecule has 0 aromatic heterocycles. The molecule has 0 unspecified atom stereocenters. The van der Waals surface area contributed by atoms with Crippen molar-refractivity contribution < 1.29 is 19.7 Å². The minimum Gasteiger partial charge on any atom is -0.509 e. The summed E-state index contributed by atoms with van der Waals surface area (Å²) in [6.45, 7) is 10.4. The summed E-state index contributed by atoms with van der Waals surface area (Å²) in [5.74, 6) is -0.113. The fourth-order valence-electron chi connectivity index (χ4n) is 5.60. The second kappa shape index (κ2) is 7.52. The normalized spacial score (nSPS) is 29.5. The third-order valence-electron chi connectivity index (χ3n) is 7.35. The lowest BCUT2D eigenvalue weighted by Gasteiger charge is -2.53. The van der Waals surface area contributed by atoms with Gasteiger partial charge in [0.05, 0.1) is 5.56 Å². The number of allylic oxidation sites excluding steroid dienone is 5. The topological polar surface area (TPSA) is 66.8 Å². The SMILES string of the molecule is CC(C)C1=CC2=CC=C3C(C)(C)[C@@H](OC(=O)c4ccccc4)CC[C@]3(C)C2=C(O)[C@H]1O. The standard InChI is InChI=1S/C27H32O4/c1-16(2)19-15-18-11-12-20-26(3,4)21(31-25(30)17-9-7-6-8-10-17)13-14-27(20,5)22(18)24(29)23(19)28/h6-12,15-16,21,23,28-29H,13-14H2,1-5H3/t21-,23-,27-/m0/s1. The molecule has 0 heterocycles. The molecule has 0 radical (unpaired) electrons. The first-order valence-electron chi connectivity index (χ1n) is 11.1. The van der Waals surface area contributed by atoms with Crippen LogP contribution in [0.2, 0.25) is 0 Å². The van der Waals surface area contributed by atoms with Gasteiger partial charge in [-0.1, -0.05) is 76.6 Å². The summed E-state index contributed by atoms with van der Waals surface area (Å²) < 4.78 is 5.98. The second-order valence-electron chi connectivity index (χ2n) is 10.0. The number of ether oxygens (including phenoxy) is 1. The summed E-state index contributed by atoms with van der Waals surface area (Å²) in [6, 6.07) is 9.07. The van der Waals surface area contributed by atoms with Crippen LogP contribution in [0.1, 0.15) is 57.8 Å². The van der Waals surface area contributed by atoms with Crippen LogP contribution in [0.4, 0.5) is 0 Å². The van der Waals surface area contributed by atoms with Crippen LogP contribution in [-0.2, 0) is 4.74 Å². The number of benzene rings is 1. The van der Waals surface area contributed by atoms with Crippen molar-refractivity contribution in [3.63, 3.8) is 0 Å². The number of aliphatic hydroxyl groups is 2. The Bertz CT molecular complexity index is 1020. The van der Waals surface area contributed by atoms with Gasteiger partial charge in [0, 0.05) is 16.4 Å². The zero-order valence-corrected chi connectivity index (χ0v) is 19.0. The molecule has 31 heavy (non-hydrogen) atoms. The Labute approximate surface area is 184 Å². The second-order valence-corrected chi connectivity index (χ2v) is 10.0.